The predicted molar refractivity (Wildman–Crippen MR) is 89.5 cm³/mol. The van der Waals surface area contributed by atoms with Crippen LogP contribution in [0, 0.1) is 6.92 Å². The maximum atomic E-state index is 12.5. The summed E-state index contributed by atoms with van der Waals surface area (Å²) in [5.41, 5.74) is 1.44. The van der Waals surface area contributed by atoms with Crippen LogP contribution in [-0.4, -0.2) is 39.5 Å². The summed E-state index contributed by atoms with van der Waals surface area (Å²) in [6, 6.07) is 9.41. The van der Waals surface area contributed by atoms with Gasteiger partial charge in [0.05, 0.1) is 18.5 Å². The molecule has 1 N–H and O–H groups in total. The Morgan fingerprint density at radius 1 is 1.25 bits per heavy atom. The minimum atomic E-state index is -0.919. The van der Waals surface area contributed by atoms with E-state index in [4.69, 9.17) is 9.52 Å². The Morgan fingerprint density at radius 3 is 2.50 bits per heavy atom. The topological polar surface area (TPSA) is 83.6 Å². The highest BCUT2D eigenvalue weighted by atomic mass is 16.4. The fraction of sp³-hybridized carbons (Fsp3) is 0.389. The molecule has 2 aromatic rings. The monoisotopic (exact) mass is 330 g/mol. The molecule has 0 fully saturated rings. The minimum absolute atomic E-state index is 0.0716. The van der Waals surface area contributed by atoms with Crippen molar-refractivity contribution in [1.82, 2.24) is 9.88 Å². The van der Waals surface area contributed by atoms with Gasteiger partial charge < -0.3 is 14.4 Å². The molecule has 0 aliphatic carbocycles. The Bertz CT molecular complexity index is 707. The van der Waals surface area contributed by atoms with Gasteiger partial charge in [-0.15, -0.1) is 0 Å². The van der Waals surface area contributed by atoms with Crippen LogP contribution in [0.1, 0.15) is 31.7 Å². The largest absolute Gasteiger partial charge is 0.481 e. The first-order valence-corrected chi connectivity index (χ1v) is 7.91. The lowest BCUT2D eigenvalue weighted by Gasteiger charge is -2.26. The van der Waals surface area contributed by atoms with Crippen LogP contribution >= 0.6 is 0 Å². The molecule has 0 radical (unpaired) electrons. The van der Waals surface area contributed by atoms with Gasteiger partial charge in [-0.25, -0.2) is 4.98 Å². The van der Waals surface area contributed by atoms with Crippen molar-refractivity contribution in [2.45, 2.75) is 39.7 Å². The maximum absolute atomic E-state index is 12.5. The van der Waals surface area contributed by atoms with Gasteiger partial charge >= 0.3 is 5.97 Å². The second-order valence-electron chi connectivity index (χ2n) is 5.89. The van der Waals surface area contributed by atoms with E-state index in [9.17, 15) is 9.59 Å². The van der Waals surface area contributed by atoms with Gasteiger partial charge in [-0.05, 0) is 32.9 Å². The molecule has 0 aliphatic rings. The number of hydrogen-bond donors (Lipinski definition) is 1. The van der Waals surface area contributed by atoms with Crippen LogP contribution in [-0.2, 0) is 16.0 Å². The quantitative estimate of drug-likeness (QED) is 0.844. The summed E-state index contributed by atoms with van der Waals surface area (Å²) in [6.45, 7) is 5.70. The number of nitrogens with zero attached hydrogens (tertiary/aromatic N) is 2. The lowest BCUT2D eigenvalue weighted by Crippen LogP contribution is -2.39. The second kappa shape index (κ2) is 7.77. The highest BCUT2D eigenvalue weighted by Gasteiger charge is 2.21. The van der Waals surface area contributed by atoms with E-state index >= 15 is 0 Å². The number of carboxylic acids is 1. The molecule has 0 saturated carbocycles. The molecule has 0 atom stereocenters. The number of rotatable bonds is 7. The third kappa shape index (κ3) is 4.44. The standard InChI is InChI=1S/C18H22N2O4/c1-12(2)20(10-9-17(22)23)16(21)11-15-13(3)24-18(19-15)14-7-5-4-6-8-14/h4-8,12H,9-11H2,1-3H3,(H,22,23). The van der Waals surface area contributed by atoms with Crippen molar-refractivity contribution in [3.63, 3.8) is 0 Å². The van der Waals surface area contributed by atoms with E-state index < -0.39 is 5.97 Å². The highest BCUT2D eigenvalue weighted by molar-refractivity contribution is 5.79. The molecule has 6 heteroatoms. The molecule has 1 amide bonds. The third-order valence-electron chi connectivity index (χ3n) is 3.74. The molecule has 128 valence electrons. The predicted octanol–water partition coefficient (Wildman–Crippen LogP) is 2.90. The van der Waals surface area contributed by atoms with Crippen molar-refractivity contribution in [3.8, 4) is 11.5 Å². The van der Waals surface area contributed by atoms with Gasteiger partial charge in [-0.1, -0.05) is 18.2 Å². The number of oxazole rings is 1. The Hall–Kier alpha value is -2.63. The fourth-order valence-electron chi connectivity index (χ4n) is 2.43. The number of aliphatic carboxylic acids is 1. The molecule has 0 saturated heterocycles. The van der Waals surface area contributed by atoms with Crippen molar-refractivity contribution >= 4 is 11.9 Å². The molecule has 0 unspecified atom stereocenters. The molecular formula is C18H22N2O4. The number of benzene rings is 1. The Labute approximate surface area is 141 Å². The molecule has 1 aromatic heterocycles. The van der Waals surface area contributed by atoms with Crippen LogP contribution in [0.3, 0.4) is 0 Å². The van der Waals surface area contributed by atoms with Crippen molar-refractivity contribution in [3.05, 3.63) is 41.8 Å². The van der Waals surface area contributed by atoms with Crippen LogP contribution in [0.25, 0.3) is 11.5 Å². The first kappa shape index (κ1) is 17.7. The Morgan fingerprint density at radius 2 is 1.92 bits per heavy atom. The Balaban J connectivity index is 2.13. The molecule has 6 nitrogen and oxygen atoms in total. The Kier molecular flexibility index (Phi) is 5.73. The third-order valence-corrected chi connectivity index (χ3v) is 3.74. The summed E-state index contributed by atoms with van der Waals surface area (Å²) in [5.74, 6) is 0.0152. The van der Waals surface area contributed by atoms with E-state index in [1.165, 1.54) is 0 Å². The first-order valence-electron chi connectivity index (χ1n) is 7.91. The molecule has 24 heavy (non-hydrogen) atoms. The van der Waals surface area contributed by atoms with E-state index in [1.807, 2.05) is 44.2 Å². The van der Waals surface area contributed by atoms with Gasteiger partial charge in [0, 0.05) is 18.2 Å². The molecule has 2 rings (SSSR count). The van der Waals surface area contributed by atoms with Gasteiger partial charge in [0.2, 0.25) is 11.8 Å². The van der Waals surface area contributed by atoms with Gasteiger partial charge in [-0.3, -0.25) is 9.59 Å². The molecule has 0 bridgehead atoms. The smallest absolute Gasteiger partial charge is 0.305 e. The molecule has 0 spiro atoms. The zero-order chi connectivity index (χ0) is 17.7. The van der Waals surface area contributed by atoms with Crippen LogP contribution in [0.2, 0.25) is 0 Å². The van der Waals surface area contributed by atoms with Crippen LogP contribution in [0.5, 0.6) is 0 Å². The maximum Gasteiger partial charge on any atom is 0.305 e. The number of carboxylic acid groups (broad SMARTS) is 1. The summed E-state index contributed by atoms with van der Waals surface area (Å²) in [7, 11) is 0. The molecule has 1 aromatic carbocycles. The number of carbonyl (C=O) groups excluding carboxylic acids is 1. The fourth-order valence-corrected chi connectivity index (χ4v) is 2.43. The number of carbonyl (C=O) groups is 2. The normalized spacial score (nSPS) is 10.8. The second-order valence-corrected chi connectivity index (χ2v) is 5.89. The van der Waals surface area contributed by atoms with Crippen molar-refractivity contribution in [2.24, 2.45) is 0 Å². The van der Waals surface area contributed by atoms with Gasteiger partial charge in [0.15, 0.2) is 0 Å². The average molecular weight is 330 g/mol. The van der Waals surface area contributed by atoms with E-state index in [-0.39, 0.29) is 31.3 Å². The number of hydrogen-bond acceptors (Lipinski definition) is 4. The first-order chi connectivity index (χ1) is 11.4. The van der Waals surface area contributed by atoms with E-state index in [0.29, 0.717) is 17.3 Å². The zero-order valence-corrected chi connectivity index (χ0v) is 14.2. The highest BCUT2D eigenvalue weighted by Crippen LogP contribution is 2.22. The lowest BCUT2D eigenvalue weighted by atomic mass is 10.2. The summed E-state index contributed by atoms with van der Waals surface area (Å²) in [6.07, 6.45) is 0.0248. The van der Waals surface area contributed by atoms with Crippen LogP contribution < -0.4 is 0 Å². The molecule has 0 aliphatic heterocycles. The van der Waals surface area contributed by atoms with E-state index in [1.54, 1.807) is 11.8 Å². The van der Waals surface area contributed by atoms with Gasteiger partial charge in [0.1, 0.15) is 5.76 Å². The lowest BCUT2D eigenvalue weighted by molar-refractivity contribution is -0.139. The van der Waals surface area contributed by atoms with Gasteiger partial charge in [-0.2, -0.15) is 0 Å². The zero-order valence-electron chi connectivity index (χ0n) is 14.2. The number of amides is 1. The molecule has 1 heterocycles. The SMILES string of the molecule is Cc1oc(-c2ccccc2)nc1CC(=O)N(CCC(=O)O)C(C)C. The van der Waals surface area contributed by atoms with Crippen LogP contribution in [0.4, 0.5) is 0 Å². The van der Waals surface area contributed by atoms with E-state index in [2.05, 4.69) is 4.98 Å². The van der Waals surface area contributed by atoms with Crippen molar-refractivity contribution in [2.75, 3.05) is 6.54 Å². The van der Waals surface area contributed by atoms with Crippen molar-refractivity contribution in [1.29, 1.82) is 0 Å². The summed E-state index contributed by atoms with van der Waals surface area (Å²) >= 11 is 0. The van der Waals surface area contributed by atoms with Crippen LogP contribution in [0.15, 0.2) is 34.7 Å². The number of aryl methyl sites for hydroxylation is 1. The summed E-state index contributed by atoms with van der Waals surface area (Å²) < 4.78 is 5.66. The molecular weight excluding hydrogens is 308 g/mol. The summed E-state index contributed by atoms with van der Waals surface area (Å²) in [5, 5.41) is 8.82. The average Bonchev–Trinajstić information content (AvgIpc) is 2.88. The minimum Gasteiger partial charge on any atom is -0.481 e. The summed E-state index contributed by atoms with van der Waals surface area (Å²) in [4.78, 5) is 29.3. The van der Waals surface area contributed by atoms with Gasteiger partial charge in [0.25, 0.3) is 0 Å². The van der Waals surface area contributed by atoms with E-state index in [0.717, 1.165) is 5.56 Å². The van der Waals surface area contributed by atoms with Crippen molar-refractivity contribution < 1.29 is 19.1 Å². The number of aromatic nitrogens is 1.